The molecule has 0 amide bonds. The van der Waals surface area contributed by atoms with Crippen molar-refractivity contribution >= 4 is 27.3 Å². The van der Waals surface area contributed by atoms with Crippen molar-refractivity contribution in [1.82, 2.24) is 9.84 Å². The van der Waals surface area contributed by atoms with Gasteiger partial charge in [-0.25, -0.2) is 12.8 Å². The third-order valence-corrected chi connectivity index (χ3v) is 5.52. The van der Waals surface area contributed by atoms with E-state index in [1.807, 2.05) is 0 Å². The molecule has 0 bridgehead atoms. The Bertz CT molecular complexity index is 990. The van der Waals surface area contributed by atoms with Crippen molar-refractivity contribution in [3.63, 3.8) is 0 Å². The minimum atomic E-state index is -3.71. The molecule has 1 atom stereocenters. The van der Waals surface area contributed by atoms with Crippen molar-refractivity contribution in [1.29, 1.82) is 0 Å². The molecule has 0 saturated carbocycles. The molecule has 1 heterocycles. The average Bonchev–Trinajstić information content (AvgIpc) is 3.06. The van der Waals surface area contributed by atoms with E-state index in [2.05, 4.69) is 5.43 Å². The summed E-state index contributed by atoms with van der Waals surface area (Å²) in [7, 11) is -0.691. The van der Waals surface area contributed by atoms with E-state index in [9.17, 15) is 12.8 Å². The van der Waals surface area contributed by atoms with Crippen LogP contribution in [0.15, 0.2) is 42.5 Å². The number of ether oxygens (including phenoxy) is 2. The third-order valence-electron chi connectivity index (χ3n) is 4.16. The van der Waals surface area contributed by atoms with Gasteiger partial charge in [-0.1, -0.05) is 17.7 Å². The lowest BCUT2D eigenvalue weighted by molar-refractivity contribution is 0.344. The zero-order valence-electron chi connectivity index (χ0n) is 14.9. The molecule has 2 aromatic rings. The normalized spacial score (nSPS) is 17.4. The van der Waals surface area contributed by atoms with Crippen LogP contribution in [-0.2, 0) is 10.0 Å². The summed E-state index contributed by atoms with van der Waals surface area (Å²) in [4.78, 5) is 0. The van der Waals surface area contributed by atoms with Crippen LogP contribution >= 0.6 is 11.6 Å². The summed E-state index contributed by atoms with van der Waals surface area (Å²) in [6, 6.07) is 8.43. The number of benzene rings is 2. The number of hydrogen-bond acceptors (Lipinski definition) is 5. The number of hydrogen-bond donors (Lipinski definition) is 1. The molecule has 1 aliphatic heterocycles. The Morgan fingerprint density at radius 3 is 2.44 bits per heavy atom. The lowest BCUT2D eigenvalue weighted by Gasteiger charge is -2.23. The predicted octanol–water partition coefficient (Wildman–Crippen LogP) is 3.36. The molecule has 0 spiro atoms. The maximum Gasteiger partial charge on any atom is 0.228 e. The number of sulfonamides is 1. The van der Waals surface area contributed by atoms with Crippen LogP contribution < -0.4 is 14.9 Å². The predicted molar refractivity (Wildman–Crippen MR) is 101 cm³/mol. The smallest absolute Gasteiger partial charge is 0.228 e. The second-order valence-corrected chi connectivity index (χ2v) is 8.17. The molecule has 0 radical (unpaired) electrons. The summed E-state index contributed by atoms with van der Waals surface area (Å²) < 4.78 is 50.4. The van der Waals surface area contributed by atoms with Gasteiger partial charge in [0.15, 0.2) is 11.5 Å². The van der Waals surface area contributed by atoms with Crippen LogP contribution in [-0.4, -0.2) is 33.3 Å². The second-order valence-electron chi connectivity index (χ2n) is 5.90. The van der Waals surface area contributed by atoms with Gasteiger partial charge in [0.25, 0.3) is 0 Å². The summed E-state index contributed by atoms with van der Waals surface area (Å²) in [5.41, 5.74) is 4.03. The van der Waals surface area contributed by atoms with Gasteiger partial charge in [-0.05, 0) is 36.4 Å². The quantitative estimate of drug-likeness (QED) is 0.815. The first-order valence-corrected chi connectivity index (χ1v) is 10.1. The molecule has 27 heavy (non-hydrogen) atoms. The van der Waals surface area contributed by atoms with E-state index < -0.39 is 21.9 Å². The van der Waals surface area contributed by atoms with Gasteiger partial charge in [0.05, 0.1) is 32.2 Å². The van der Waals surface area contributed by atoms with Gasteiger partial charge < -0.3 is 14.9 Å². The van der Waals surface area contributed by atoms with Crippen molar-refractivity contribution < 1.29 is 22.3 Å². The minimum Gasteiger partial charge on any atom is -0.493 e. The monoisotopic (exact) mass is 412 g/mol. The van der Waals surface area contributed by atoms with Crippen LogP contribution in [0.2, 0.25) is 5.02 Å². The molecule has 1 N–H and O–H groups in total. The number of halogens is 2. The fraction of sp³-hybridized carbons (Fsp3) is 0.222. The van der Waals surface area contributed by atoms with E-state index in [1.165, 1.54) is 32.4 Å². The van der Waals surface area contributed by atoms with Gasteiger partial charge in [0, 0.05) is 16.1 Å². The lowest BCUT2D eigenvalue weighted by atomic mass is 10.0. The topological polar surface area (TPSA) is 67.9 Å². The van der Waals surface area contributed by atoms with Crippen LogP contribution in [0.5, 0.6) is 11.5 Å². The summed E-state index contributed by atoms with van der Waals surface area (Å²) >= 11 is 6.15. The van der Waals surface area contributed by atoms with Crippen molar-refractivity contribution in [2.24, 2.45) is 0 Å². The lowest BCUT2D eigenvalue weighted by Crippen LogP contribution is -2.39. The number of nitrogens with zero attached hydrogens (tertiary/aromatic N) is 1. The van der Waals surface area contributed by atoms with Crippen molar-refractivity contribution in [3.8, 4) is 11.5 Å². The van der Waals surface area contributed by atoms with Gasteiger partial charge >= 0.3 is 0 Å². The summed E-state index contributed by atoms with van der Waals surface area (Å²) in [5, 5.41) is 0.139. The molecule has 2 aromatic carbocycles. The van der Waals surface area contributed by atoms with Crippen molar-refractivity contribution in [2.45, 2.75) is 6.04 Å². The first-order valence-electron chi connectivity index (χ1n) is 7.90. The zero-order chi connectivity index (χ0) is 19.8. The Kier molecular flexibility index (Phi) is 5.32. The van der Waals surface area contributed by atoms with E-state index in [4.69, 9.17) is 21.1 Å². The molecular formula is C18H18ClFN2O4S. The molecule has 0 saturated heterocycles. The highest BCUT2D eigenvalue weighted by Crippen LogP contribution is 2.39. The molecule has 0 aromatic heterocycles. The number of rotatable bonds is 5. The Labute approximate surface area is 162 Å². The molecule has 0 fully saturated rings. The highest BCUT2D eigenvalue weighted by atomic mass is 35.5. The molecule has 3 rings (SSSR count). The molecule has 0 aliphatic carbocycles. The number of methoxy groups -OCH3 is 2. The van der Waals surface area contributed by atoms with Crippen LogP contribution in [0.4, 0.5) is 4.39 Å². The standard InChI is InChI=1S/C18H18ClFN2O4S/c1-25-16-8-7-11(9-17(16)26-2)14-10-15(22(21-14)27(3,23)24)18-12(19)5-4-6-13(18)20/h4-10,15,21H,1-3H3. The zero-order valence-corrected chi connectivity index (χ0v) is 16.4. The van der Waals surface area contributed by atoms with Gasteiger partial charge in [0.2, 0.25) is 10.0 Å². The highest BCUT2D eigenvalue weighted by molar-refractivity contribution is 7.88. The van der Waals surface area contributed by atoms with Crippen molar-refractivity contribution in [3.05, 3.63) is 64.4 Å². The summed E-state index contributed by atoms with van der Waals surface area (Å²) in [5.74, 6) is 0.428. The van der Waals surface area contributed by atoms with E-state index in [1.54, 1.807) is 24.3 Å². The maximum absolute atomic E-state index is 14.4. The Hall–Kier alpha value is -2.29. The number of hydrazine groups is 1. The summed E-state index contributed by atoms with van der Waals surface area (Å²) in [6.45, 7) is 0. The summed E-state index contributed by atoms with van der Waals surface area (Å²) in [6.07, 6.45) is 2.64. The first-order chi connectivity index (χ1) is 12.8. The van der Waals surface area contributed by atoms with Gasteiger partial charge in [-0.3, -0.25) is 0 Å². The number of nitrogens with one attached hydrogen (secondary N) is 1. The fourth-order valence-corrected chi connectivity index (χ4v) is 4.02. The van der Waals surface area contributed by atoms with Crippen LogP contribution in [0.3, 0.4) is 0 Å². The van der Waals surface area contributed by atoms with E-state index in [0.717, 1.165) is 10.7 Å². The molecule has 1 aliphatic rings. The van der Waals surface area contributed by atoms with E-state index >= 15 is 0 Å². The fourth-order valence-electron chi connectivity index (χ4n) is 2.90. The van der Waals surface area contributed by atoms with Crippen LogP contribution in [0.25, 0.3) is 5.70 Å². The molecular weight excluding hydrogens is 395 g/mol. The Balaban J connectivity index is 2.11. The molecule has 9 heteroatoms. The van der Waals surface area contributed by atoms with E-state index in [0.29, 0.717) is 22.8 Å². The first kappa shape index (κ1) is 19.5. The van der Waals surface area contributed by atoms with Gasteiger partial charge in [-0.15, -0.1) is 4.41 Å². The Morgan fingerprint density at radius 1 is 1.15 bits per heavy atom. The largest absolute Gasteiger partial charge is 0.493 e. The second kappa shape index (κ2) is 7.38. The average molecular weight is 413 g/mol. The van der Waals surface area contributed by atoms with Crippen molar-refractivity contribution in [2.75, 3.05) is 20.5 Å². The van der Waals surface area contributed by atoms with Gasteiger partial charge in [-0.2, -0.15) is 0 Å². The van der Waals surface area contributed by atoms with E-state index in [-0.39, 0.29) is 10.6 Å². The molecule has 1 unspecified atom stereocenters. The van der Waals surface area contributed by atoms with Gasteiger partial charge in [0.1, 0.15) is 5.82 Å². The third kappa shape index (κ3) is 3.73. The van der Waals surface area contributed by atoms with Crippen LogP contribution in [0.1, 0.15) is 17.2 Å². The maximum atomic E-state index is 14.4. The minimum absolute atomic E-state index is 0.0765. The SMILES string of the molecule is COc1ccc(C2=CC(c3c(F)cccc3Cl)N(S(C)(=O)=O)N2)cc1OC. The molecule has 144 valence electrons. The highest BCUT2D eigenvalue weighted by Gasteiger charge is 2.36. The Morgan fingerprint density at radius 2 is 1.85 bits per heavy atom. The van der Waals surface area contributed by atoms with Crippen LogP contribution in [0, 0.1) is 5.82 Å². The molecule has 6 nitrogen and oxygen atoms in total.